The van der Waals surface area contributed by atoms with Crippen molar-refractivity contribution in [2.75, 3.05) is 11.5 Å². The van der Waals surface area contributed by atoms with Crippen LogP contribution < -0.4 is 4.68 Å². The van der Waals surface area contributed by atoms with Crippen molar-refractivity contribution >= 4 is 15.8 Å². The molecule has 22 heavy (non-hydrogen) atoms. The van der Waals surface area contributed by atoms with Crippen LogP contribution in [0.3, 0.4) is 0 Å². The molecule has 2 aromatic heterocycles. The van der Waals surface area contributed by atoms with Gasteiger partial charge >= 0.3 is 5.97 Å². The first-order valence-corrected chi connectivity index (χ1v) is 8.34. The molecule has 0 bridgehead atoms. The van der Waals surface area contributed by atoms with E-state index in [1.54, 1.807) is 36.9 Å². The van der Waals surface area contributed by atoms with Crippen LogP contribution in [0, 0.1) is 0 Å². The summed E-state index contributed by atoms with van der Waals surface area (Å²) in [5, 5.41) is 12.6. The zero-order chi connectivity index (χ0) is 16.0. The lowest BCUT2D eigenvalue weighted by atomic mass is 10.3. The fourth-order valence-electron chi connectivity index (χ4n) is 1.67. The SMILES string of the molecule is O=C(O)CCS(=O)(=O)CC[n+]1ccc(-c2ncccn2)cn1. The van der Waals surface area contributed by atoms with Gasteiger partial charge in [-0.2, -0.15) is 0 Å². The number of rotatable bonds is 7. The van der Waals surface area contributed by atoms with Gasteiger partial charge < -0.3 is 5.11 Å². The molecule has 0 saturated carbocycles. The molecule has 0 spiro atoms. The van der Waals surface area contributed by atoms with E-state index in [2.05, 4.69) is 15.1 Å². The molecule has 0 radical (unpaired) electrons. The predicted molar refractivity (Wildman–Crippen MR) is 76.4 cm³/mol. The normalized spacial score (nSPS) is 11.3. The van der Waals surface area contributed by atoms with Gasteiger partial charge in [0, 0.05) is 24.0 Å². The second kappa shape index (κ2) is 7.03. The zero-order valence-electron chi connectivity index (χ0n) is 11.7. The summed E-state index contributed by atoms with van der Waals surface area (Å²) in [7, 11) is -3.40. The summed E-state index contributed by atoms with van der Waals surface area (Å²) >= 11 is 0. The molecular formula is C13H15N4O4S+. The highest BCUT2D eigenvalue weighted by Crippen LogP contribution is 2.09. The molecule has 0 unspecified atom stereocenters. The van der Waals surface area contributed by atoms with Crippen LogP contribution in [0.1, 0.15) is 6.42 Å². The number of aromatic nitrogens is 4. The second-order valence-corrected chi connectivity index (χ2v) is 6.85. The van der Waals surface area contributed by atoms with Crippen LogP contribution in [-0.4, -0.2) is 46.1 Å². The molecule has 1 N–H and O–H groups in total. The van der Waals surface area contributed by atoms with Crippen molar-refractivity contribution in [3.8, 4) is 11.4 Å². The van der Waals surface area contributed by atoms with Crippen molar-refractivity contribution in [1.82, 2.24) is 15.1 Å². The van der Waals surface area contributed by atoms with E-state index in [4.69, 9.17) is 5.11 Å². The van der Waals surface area contributed by atoms with Gasteiger partial charge in [-0.3, -0.25) is 4.79 Å². The number of hydrogen-bond acceptors (Lipinski definition) is 6. The summed E-state index contributed by atoms with van der Waals surface area (Å²) in [5.41, 5.74) is 0.727. The van der Waals surface area contributed by atoms with E-state index >= 15 is 0 Å². The van der Waals surface area contributed by atoms with E-state index < -0.39 is 15.8 Å². The van der Waals surface area contributed by atoms with Gasteiger partial charge in [0.1, 0.15) is 11.9 Å². The van der Waals surface area contributed by atoms with Crippen molar-refractivity contribution in [3.05, 3.63) is 36.9 Å². The third-order valence-electron chi connectivity index (χ3n) is 2.85. The first-order chi connectivity index (χ1) is 10.5. The van der Waals surface area contributed by atoms with Gasteiger partial charge in [0.05, 0.1) is 12.2 Å². The van der Waals surface area contributed by atoms with Crippen molar-refractivity contribution in [2.24, 2.45) is 0 Å². The highest BCUT2D eigenvalue weighted by atomic mass is 32.2. The van der Waals surface area contributed by atoms with Gasteiger partial charge in [-0.1, -0.05) is 4.68 Å². The van der Waals surface area contributed by atoms with Crippen LogP contribution in [0.25, 0.3) is 11.4 Å². The minimum atomic E-state index is -3.40. The number of carboxylic acid groups (broad SMARTS) is 1. The Morgan fingerprint density at radius 2 is 1.95 bits per heavy atom. The smallest absolute Gasteiger partial charge is 0.304 e. The van der Waals surface area contributed by atoms with Crippen LogP contribution in [0.2, 0.25) is 0 Å². The molecule has 0 saturated heterocycles. The fraction of sp³-hybridized carbons (Fsp3) is 0.308. The van der Waals surface area contributed by atoms with Gasteiger partial charge in [-0.25, -0.2) is 18.4 Å². The molecule has 0 fully saturated rings. The van der Waals surface area contributed by atoms with Crippen LogP contribution in [0.4, 0.5) is 0 Å². The Morgan fingerprint density at radius 3 is 2.55 bits per heavy atom. The highest BCUT2D eigenvalue weighted by Gasteiger charge is 2.16. The lowest BCUT2D eigenvalue weighted by Crippen LogP contribution is -2.40. The Kier molecular flexibility index (Phi) is 5.10. The summed E-state index contributed by atoms with van der Waals surface area (Å²) in [5.74, 6) is -1.10. The van der Waals surface area contributed by atoms with Gasteiger partial charge in [0.2, 0.25) is 0 Å². The average Bonchev–Trinajstić information content (AvgIpc) is 2.53. The molecule has 0 aliphatic rings. The molecule has 0 amide bonds. The lowest BCUT2D eigenvalue weighted by Gasteiger charge is -2.00. The predicted octanol–water partition coefficient (Wildman–Crippen LogP) is -0.284. The monoisotopic (exact) mass is 323 g/mol. The van der Waals surface area contributed by atoms with Crippen LogP contribution in [0.5, 0.6) is 0 Å². The van der Waals surface area contributed by atoms with E-state index in [0.29, 0.717) is 5.82 Å². The molecule has 0 aliphatic carbocycles. The Hall–Kier alpha value is -2.42. The summed E-state index contributed by atoms with van der Waals surface area (Å²) < 4.78 is 24.8. The summed E-state index contributed by atoms with van der Waals surface area (Å²) in [6.07, 6.45) is 6.05. The number of nitrogens with zero attached hydrogens (tertiary/aromatic N) is 4. The first kappa shape index (κ1) is 16.0. The third kappa shape index (κ3) is 4.85. The minimum absolute atomic E-state index is 0.154. The van der Waals surface area contributed by atoms with Crippen LogP contribution in [0.15, 0.2) is 36.9 Å². The molecule has 8 nitrogen and oxygen atoms in total. The Bertz CT molecular complexity index is 732. The summed E-state index contributed by atoms with van der Waals surface area (Å²) in [6, 6.07) is 3.45. The number of aliphatic carboxylic acids is 1. The third-order valence-corrected chi connectivity index (χ3v) is 4.48. The Balaban J connectivity index is 1.96. The highest BCUT2D eigenvalue weighted by molar-refractivity contribution is 7.91. The number of sulfone groups is 1. The maximum Gasteiger partial charge on any atom is 0.304 e. The Morgan fingerprint density at radius 1 is 1.23 bits per heavy atom. The van der Waals surface area contributed by atoms with Crippen molar-refractivity contribution in [3.63, 3.8) is 0 Å². The van der Waals surface area contributed by atoms with Crippen molar-refractivity contribution in [1.29, 1.82) is 0 Å². The molecular weight excluding hydrogens is 308 g/mol. The molecule has 0 aromatic carbocycles. The van der Waals surface area contributed by atoms with Gasteiger partial charge in [0.15, 0.2) is 28.4 Å². The maximum absolute atomic E-state index is 11.7. The molecule has 0 aliphatic heterocycles. The number of aryl methyl sites for hydroxylation is 1. The van der Waals surface area contributed by atoms with Gasteiger partial charge in [-0.05, 0) is 11.2 Å². The van der Waals surface area contributed by atoms with Gasteiger partial charge in [0.25, 0.3) is 0 Å². The fourth-order valence-corrected chi connectivity index (χ4v) is 2.83. The summed E-state index contributed by atoms with van der Waals surface area (Å²) in [4.78, 5) is 18.6. The second-order valence-electron chi connectivity index (χ2n) is 4.55. The average molecular weight is 323 g/mol. The van der Waals surface area contributed by atoms with Gasteiger partial charge in [-0.15, -0.1) is 0 Å². The zero-order valence-corrected chi connectivity index (χ0v) is 12.5. The number of carboxylic acids is 1. The van der Waals surface area contributed by atoms with E-state index in [1.807, 2.05) is 0 Å². The topological polar surface area (TPSA) is 114 Å². The first-order valence-electron chi connectivity index (χ1n) is 6.52. The molecule has 9 heteroatoms. The van der Waals surface area contributed by atoms with E-state index in [0.717, 1.165) is 5.56 Å². The van der Waals surface area contributed by atoms with Crippen LogP contribution in [-0.2, 0) is 21.2 Å². The van der Waals surface area contributed by atoms with Crippen molar-refractivity contribution < 1.29 is 23.0 Å². The van der Waals surface area contributed by atoms with Crippen molar-refractivity contribution in [2.45, 2.75) is 13.0 Å². The number of carbonyl (C=O) groups is 1. The molecule has 2 heterocycles. The quantitative estimate of drug-likeness (QED) is 0.697. The summed E-state index contributed by atoms with van der Waals surface area (Å²) in [6.45, 7) is 0.165. The lowest BCUT2D eigenvalue weighted by molar-refractivity contribution is -0.749. The largest absolute Gasteiger partial charge is 0.481 e. The van der Waals surface area contributed by atoms with E-state index in [1.165, 1.54) is 4.68 Å². The molecule has 2 rings (SSSR count). The molecule has 116 valence electrons. The van der Waals surface area contributed by atoms with E-state index in [-0.39, 0.29) is 24.5 Å². The number of hydrogen-bond donors (Lipinski definition) is 1. The van der Waals surface area contributed by atoms with E-state index in [9.17, 15) is 13.2 Å². The maximum atomic E-state index is 11.7. The minimum Gasteiger partial charge on any atom is -0.481 e. The molecule has 0 atom stereocenters. The Labute approximate surface area is 127 Å². The standard InChI is InChI=1S/C13H14N4O4S/c18-12(19)3-8-22(20,21)9-7-17-6-2-11(10-16-17)13-14-4-1-5-15-13/h1-2,4-6,10H,3,7-9H2/p+1. The van der Waals surface area contributed by atoms with Crippen LogP contribution >= 0.6 is 0 Å². The molecule has 2 aromatic rings.